The monoisotopic (exact) mass is 340 g/mol. The van der Waals surface area contributed by atoms with Crippen molar-refractivity contribution in [2.24, 2.45) is 5.92 Å². The van der Waals surface area contributed by atoms with Gasteiger partial charge in [0.1, 0.15) is 12.3 Å². The first-order chi connectivity index (χ1) is 12.1. The number of carbonyl (C=O) groups is 1. The lowest BCUT2D eigenvalue weighted by Gasteiger charge is -2.32. The molecule has 0 amide bonds. The Morgan fingerprint density at radius 1 is 1.28 bits per heavy atom. The number of nitrogens with zero attached hydrogens (tertiary/aromatic N) is 2. The van der Waals surface area contributed by atoms with E-state index in [1.165, 1.54) is 18.4 Å². The van der Waals surface area contributed by atoms with Crippen LogP contribution in [0.3, 0.4) is 0 Å². The zero-order chi connectivity index (χ0) is 17.4. The van der Waals surface area contributed by atoms with Gasteiger partial charge in [-0.1, -0.05) is 30.5 Å². The number of likely N-dealkylation sites (tertiary alicyclic amines) is 1. The van der Waals surface area contributed by atoms with Gasteiger partial charge in [0.25, 0.3) is 0 Å². The minimum atomic E-state index is -0.711. The first-order valence-corrected chi connectivity index (χ1v) is 9.12. The van der Waals surface area contributed by atoms with Crippen LogP contribution in [0.2, 0.25) is 0 Å². The molecule has 5 nitrogen and oxygen atoms in total. The molecule has 132 valence electrons. The molecule has 4 rings (SSSR count). The Hall–Kier alpha value is -2.14. The molecule has 1 aliphatic carbocycles. The largest absolute Gasteiger partial charge is 0.480 e. The molecule has 1 aliphatic heterocycles. The SMILES string of the molecule is Cc1ccc(-c2nc(CN3[C@@H]4CCCC[C@@H]4C[C@H]3C(=O)O)co2)cc1. The van der Waals surface area contributed by atoms with Crippen molar-refractivity contribution in [2.75, 3.05) is 0 Å². The maximum Gasteiger partial charge on any atom is 0.320 e. The minimum Gasteiger partial charge on any atom is -0.480 e. The molecule has 0 radical (unpaired) electrons. The number of rotatable bonds is 4. The topological polar surface area (TPSA) is 66.6 Å². The molecule has 2 heterocycles. The lowest BCUT2D eigenvalue weighted by Crippen LogP contribution is -2.41. The number of fused-ring (bicyclic) bond motifs is 1. The third-order valence-corrected chi connectivity index (χ3v) is 5.70. The molecule has 3 atom stereocenters. The van der Waals surface area contributed by atoms with Gasteiger partial charge in [-0.05, 0) is 44.2 Å². The Morgan fingerprint density at radius 3 is 2.80 bits per heavy atom. The molecule has 2 aromatic rings. The summed E-state index contributed by atoms with van der Waals surface area (Å²) in [5.74, 6) is 0.399. The van der Waals surface area contributed by atoms with Crippen molar-refractivity contribution in [3.05, 3.63) is 41.8 Å². The Labute approximate surface area is 147 Å². The highest BCUT2D eigenvalue weighted by Crippen LogP contribution is 2.40. The molecule has 1 saturated carbocycles. The van der Waals surface area contributed by atoms with Crippen LogP contribution in [0, 0.1) is 12.8 Å². The van der Waals surface area contributed by atoms with Crippen LogP contribution in [0.25, 0.3) is 11.5 Å². The van der Waals surface area contributed by atoms with E-state index in [1.807, 2.05) is 31.2 Å². The van der Waals surface area contributed by atoms with Crippen LogP contribution in [-0.4, -0.2) is 33.0 Å². The molecule has 5 heteroatoms. The van der Waals surface area contributed by atoms with Gasteiger partial charge in [0.05, 0.1) is 5.69 Å². The Kier molecular flexibility index (Phi) is 4.34. The van der Waals surface area contributed by atoms with Crippen LogP contribution in [-0.2, 0) is 11.3 Å². The van der Waals surface area contributed by atoms with Gasteiger partial charge < -0.3 is 9.52 Å². The lowest BCUT2D eigenvalue weighted by molar-refractivity contribution is -0.142. The number of aryl methyl sites for hydroxylation is 1. The Bertz CT molecular complexity index is 753. The molecule has 1 aromatic heterocycles. The summed E-state index contributed by atoms with van der Waals surface area (Å²) in [4.78, 5) is 18.5. The second kappa shape index (κ2) is 6.64. The molecular weight excluding hydrogens is 316 g/mol. The first-order valence-electron chi connectivity index (χ1n) is 9.12. The first kappa shape index (κ1) is 16.3. The summed E-state index contributed by atoms with van der Waals surface area (Å²) in [6, 6.07) is 8.04. The fourth-order valence-electron chi connectivity index (χ4n) is 4.42. The smallest absolute Gasteiger partial charge is 0.320 e. The van der Waals surface area contributed by atoms with Crippen LogP contribution in [0.4, 0.5) is 0 Å². The predicted molar refractivity (Wildman–Crippen MR) is 94.0 cm³/mol. The van der Waals surface area contributed by atoms with Crippen LogP contribution < -0.4 is 0 Å². The number of benzene rings is 1. The minimum absolute atomic E-state index is 0.370. The highest BCUT2D eigenvalue weighted by Gasteiger charge is 2.45. The second-order valence-corrected chi connectivity index (χ2v) is 7.38. The van der Waals surface area contributed by atoms with Gasteiger partial charge in [-0.3, -0.25) is 9.69 Å². The summed E-state index contributed by atoms with van der Waals surface area (Å²) in [5, 5.41) is 9.63. The van der Waals surface area contributed by atoms with Gasteiger partial charge in [-0.2, -0.15) is 0 Å². The zero-order valence-corrected chi connectivity index (χ0v) is 14.5. The van der Waals surface area contributed by atoms with Gasteiger partial charge in [0.2, 0.25) is 5.89 Å². The third-order valence-electron chi connectivity index (χ3n) is 5.70. The maximum absolute atomic E-state index is 11.7. The fourth-order valence-corrected chi connectivity index (χ4v) is 4.42. The normalized spacial score (nSPS) is 26.5. The van der Waals surface area contributed by atoms with Crippen molar-refractivity contribution >= 4 is 5.97 Å². The second-order valence-electron chi connectivity index (χ2n) is 7.38. The van der Waals surface area contributed by atoms with Gasteiger partial charge in [0.15, 0.2) is 0 Å². The molecule has 1 saturated heterocycles. The van der Waals surface area contributed by atoms with Crippen LogP contribution in [0.1, 0.15) is 43.4 Å². The van der Waals surface area contributed by atoms with Gasteiger partial charge in [-0.25, -0.2) is 4.98 Å². The van der Waals surface area contributed by atoms with E-state index in [9.17, 15) is 9.90 Å². The molecule has 0 spiro atoms. The fraction of sp³-hybridized carbons (Fsp3) is 0.500. The summed E-state index contributed by atoms with van der Waals surface area (Å²) in [5.41, 5.74) is 2.96. The standard InChI is InChI=1S/C20H24N2O3/c1-13-6-8-14(9-7-13)19-21-16(12-25-19)11-22-17-5-3-2-4-15(17)10-18(22)20(23)24/h6-9,12,15,17-18H,2-5,10-11H2,1H3,(H,23,24)/t15-,17-,18+/m1/s1. The Balaban J connectivity index is 1.54. The van der Waals surface area contributed by atoms with Crippen molar-refractivity contribution < 1.29 is 14.3 Å². The molecule has 0 bridgehead atoms. The van der Waals surface area contributed by atoms with E-state index in [2.05, 4.69) is 9.88 Å². The van der Waals surface area contributed by atoms with Crippen molar-refractivity contribution in [1.29, 1.82) is 0 Å². The summed E-state index contributed by atoms with van der Waals surface area (Å²) in [6.45, 7) is 2.60. The molecule has 25 heavy (non-hydrogen) atoms. The van der Waals surface area contributed by atoms with E-state index < -0.39 is 12.0 Å². The third kappa shape index (κ3) is 3.21. The molecule has 2 fully saturated rings. The zero-order valence-electron chi connectivity index (χ0n) is 14.5. The van der Waals surface area contributed by atoms with Gasteiger partial charge in [-0.15, -0.1) is 0 Å². The highest BCUT2D eigenvalue weighted by molar-refractivity contribution is 5.74. The molecule has 2 aliphatic rings. The average molecular weight is 340 g/mol. The van der Waals surface area contributed by atoms with Crippen molar-refractivity contribution in [3.8, 4) is 11.5 Å². The Morgan fingerprint density at radius 2 is 2.04 bits per heavy atom. The van der Waals surface area contributed by atoms with E-state index in [0.717, 1.165) is 30.5 Å². The van der Waals surface area contributed by atoms with Crippen LogP contribution >= 0.6 is 0 Å². The summed E-state index contributed by atoms with van der Waals surface area (Å²) >= 11 is 0. The highest BCUT2D eigenvalue weighted by atomic mass is 16.4. The van der Waals surface area contributed by atoms with Crippen molar-refractivity contribution in [1.82, 2.24) is 9.88 Å². The summed E-state index contributed by atoms with van der Waals surface area (Å²) < 4.78 is 5.65. The van der Waals surface area contributed by atoms with Crippen molar-refractivity contribution in [2.45, 2.75) is 57.7 Å². The predicted octanol–water partition coefficient (Wildman–Crippen LogP) is 3.87. The molecule has 1 aromatic carbocycles. The number of aliphatic carboxylic acids is 1. The van der Waals surface area contributed by atoms with Gasteiger partial charge >= 0.3 is 5.97 Å². The van der Waals surface area contributed by atoms with Crippen molar-refractivity contribution in [3.63, 3.8) is 0 Å². The summed E-state index contributed by atoms with van der Waals surface area (Å²) in [6.07, 6.45) is 7.10. The molecule has 0 unspecified atom stereocenters. The average Bonchev–Trinajstić information content (AvgIpc) is 3.21. The number of aromatic nitrogens is 1. The number of carboxylic acid groups (broad SMARTS) is 1. The lowest BCUT2D eigenvalue weighted by atomic mass is 9.85. The maximum atomic E-state index is 11.7. The van der Waals surface area contributed by atoms with E-state index in [1.54, 1.807) is 6.26 Å². The number of hydrogen-bond acceptors (Lipinski definition) is 4. The number of hydrogen-bond donors (Lipinski definition) is 1. The van der Waals surface area contributed by atoms with E-state index in [-0.39, 0.29) is 0 Å². The number of carboxylic acids is 1. The quantitative estimate of drug-likeness (QED) is 0.915. The number of oxazole rings is 1. The van der Waals surface area contributed by atoms with E-state index in [0.29, 0.717) is 24.4 Å². The van der Waals surface area contributed by atoms with Gasteiger partial charge in [0, 0.05) is 18.2 Å². The van der Waals surface area contributed by atoms with Crippen LogP contribution in [0.5, 0.6) is 0 Å². The van der Waals surface area contributed by atoms with E-state index >= 15 is 0 Å². The van der Waals surface area contributed by atoms with E-state index in [4.69, 9.17) is 4.42 Å². The summed E-state index contributed by atoms with van der Waals surface area (Å²) in [7, 11) is 0. The van der Waals surface area contributed by atoms with Crippen LogP contribution in [0.15, 0.2) is 34.9 Å². The molecular formula is C20H24N2O3. The molecule has 1 N–H and O–H groups in total.